The standard InChI is InChI=1S/C27H31N3O2/c1-3-5-14-29-15-12-19(13-16-29)24-18-30(28)25-11-10-20(17-23(24)25)27(32)22-9-7-6-8-21(22)26(31)4-2/h6-12,17-18H,3-5,13-16,28H2,1-2H3. The highest BCUT2D eigenvalue weighted by atomic mass is 16.1. The summed E-state index contributed by atoms with van der Waals surface area (Å²) in [5.41, 5.74) is 4.77. The second-order valence-electron chi connectivity index (χ2n) is 8.47. The Hall–Kier alpha value is -3.18. The van der Waals surface area contributed by atoms with Crippen LogP contribution < -0.4 is 5.84 Å². The van der Waals surface area contributed by atoms with E-state index in [1.54, 1.807) is 35.0 Å². The van der Waals surface area contributed by atoms with Gasteiger partial charge in [-0.05, 0) is 43.2 Å². The van der Waals surface area contributed by atoms with Crippen LogP contribution in [-0.2, 0) is 0 Å². The molecule has 1 aromatic heterocycles. The lowest BCUT2D eigenvalue weighted by Gasteiger charge is -2.26. The molecule has 0 aliphatic carbocycles. The van der Waals surface area contributed by atoms with Crippen molar-refractivity contribution in [3.63, 3.8) is 0 Å². The molecule has 1 aliphatic rings. The second-order valence-corrected chi connectivity index (χ2v) is 8.47. The summed E-state index contributed by atoms with van der Waals surface area (Å²) < 4.78 is 1.64. The summed E-state index contributed by atoms with van der Waals surface area (Å²) in [4.78, 5) is 28.2. The number of nitrogens with two attached hydrogens (primary N) is 1. The van der Waals surface area contributed by atoms with Crippen LogP contribution in [0.5, 0.6) is 0 Å². The Morgan fingerprint density at radius 1 is 1.06 bits per heavy atom. The Morgan fingerprint density at radius 3 is 2.53 bits per heavy atom. The van der Waals surface area contributed by atoms with Gasteiger partial charge in [-0.1, -0.05) is 50.6 Å². The highest BCUT2D eigenvalue weighted by Gasteiger charge is 2.20. The van der Waals surface area contributed by atoms with E-state index >= 15 is 0 Å². The second kappa shape index (κ2) is 9.53. The molecular formula is C27H31N3O2. The fraction of sp³-hybridized carbons (Fsp3) is 0.333. The highest BCUT2D eigenvalue weighted by molar-refractivity contribution is 6.16. The molecule has 0 unspecified atom stereocenters. The van der Waals surface area contributed by atoms with E-state index in [-0.39, 0.29) is 11.6 Å². The number of carbonyl (C=O) groups excluding carboxylic acids is 2. The molecular weight excluding hydrogens is 398 g/mol. The van der Waals surface area contributed by atoms with E-state index in [4.69, 9.17) is 5.84 Å². The zero-order valence-electron chi connectivity index (χ0n) is 18.9. The maximum Gasteiger partial charge on any atom is 0.193 e. The van der Waals surface area contributed by atoms with Crippen LogP contribution in [0.1, 0.15) is 71.4 Å². The predicted octanol–water partition coefficient (Wildman–Crippen LogP) is 5.07. The number of fused-ring (bicyclic) bond motifs is 1. The van der Waals surface area contributed by atoms with Gasteiger partial charge in [0, 0.05) is 53.3 Å². The average Bonchev–Trinajstić information content (AvgIpc) is 3.17. The number of nitrogens with zero attached hydrogens (tertiary/aromatic N) is 2. The normalized spacial score (nSPS) is 14.5. The number of carbonyl (C=O) groups is 2. The molecule has 0 atom stereocenters. The lowest BCUT2D eigenvalue weighted by Crippen LogP contribution is -2.29. The number of hydrogen-bond acceptors (Lipinski definition) is 4. The summed E-state index contributed by atoms with van der Waals surface area (Å²) >= 11 is 0. The number of ketones is 2. The van der Waals surface area contributed by atoms with Crippen molar-refractivity contribution in [2.24, 2.45) is 0 Å². The molecule has 32 heavy (non-hydrogen) atoms. The van der Waals surface area contributed by atoms with E-state index in [0.717, 1.165) is 42.5 Å². The Kier molecular flexibility index (Phi) is 6.56. The van der Waals surface area contributed by atoms with Gasteiger partial charge in [-0.2, -0.15) is 0 Å². The van der Waals surface area contributed by atoms with Crippen LogP contribution >= 0.6 is 0 Å². The monoisotopic (exact) mass is 429 g/mol. The number of hydrogen-bond donors (Lipinski definition) is 1. The minimum Gasteiger partial charge on any atom is -0.339 e. The SMILES string of the molecule is CCCCN1CC=C(c2cn(N)c3ccc(C(=O)c4ccccc4C(=O)CC)cc23)CC1. The van der Waals surface area contributed by atoms with Crippen LogP contribution in [0, 0.1) is 0 Å². The van der Waals surface area contributed by atoms with Crippen LogP contribution in [-0.4, -0.2) is 40.8 Å². The molecule has 166 valence electrons. The molecule has 1 aliphatic heterocycles. The molecule has 0 bridgehead atoms. The van der Waals surface area contributed by atoms with Gasteiger partial charge in [-0.3, -0.25) is 19.2 Å². The van der Waals surface area contributed by atoms with E-state index in [9.17, 15) is 9.59 Å². The first-order valence-electron chi connectivity index (χ1n) is 11.5. The van der Waals surface area contributed by atoms with Gasteiger partial charge in [0.25, 0.3) is 0 Å². The number of Topliss-reactive ketones (excluding diaryl/α,β-unsaturated/α-hetero) is 1. The third-order valence-corrected chi connectivity index (χ3v) is 6.36. The van der Waals surface area contributed by atoms with Crippen molar-refractivity contribution < 1.29 is 9.59 Å². The third-order valence-electron chi connectivity index (χ3n) is 6.36. The molecule has 5 heteroatoms. The highest BCUT2D eigenvalue weighted by Crippen LogP contribution is 2.31. The summed E-state index contributed by atoms with van der Waals surface area (Å²) in [6.07, 6.45) is 8.01. The van der Waals surface area contributed by atoms with Crippen LogP contribution in [0.25, 0.3) is 16.5 Å². The Balaban J connectivity index is 1.69. The van der Waals surface area contributed by atoms with Gasteiger partial charge in [0.2, 0.25) is 0 Å². The maximum atomic E-state index is 13.4. The Labute approximate surface area is 189 Å². The molecule has 5 nitrogen and oxygen atoms in total. The van der Waals surface area contributed by atoms with E-state index < -0.39 is 0 Å². The van der Waals surface area contributed by atoms with Crippen LogP contribution in [0.15, 0.2) is 54.7 Å². The van der Waals surface area contributed by atoms with Crippen molar-refractivity contribution in [1.82, 2.24) is 9.58 Å². The molecule has 0 saturated heterocycles. The number of unbranched alkanes of at least 4 members (excludes halogenated alkanes) is 1. The van der Waals surface area contributed by atoms with Gasteiger partial charge in [-0.15, -0.1) is 0 Å². The molecule has 4 rings (SSSR count). The van der Waals surface area contributed by atoms with Crippen molar-refractivity contribution in [3.05, 3.63) is 77.0 Å². The molecule has 2 N–H and O–H groups in total. The summed E-state index contributed by atoms with van der Waals surface area (Å²) in [5.74, 6) is 6.09. The van der Waals surface area contributed by atoms with Gasteiger partial charge in [0.05, 0.1) is 5.52 Å². The summed E-state index contributed by atoms with van der Waals surface area (Å²) in [6, 6.07) is 12.7. The van der Waals surface area contributed by atoms with Gasteiger partial charge in [0.1, 0.15) is 0 Å². The molecule has 2 aromatic carbocycles. The van der Waals surface area contributed by atoms with Crippen molar-refractivity contribution in [2.45, 2.75) is 39.5 Å². The molecule has 0 amide bonds. The fourth-order valence-corrected chi connectivity index (χ4v) is 4.46. The molecule has 0 spiro atoms. The zero-order valence-corrected chi connectivity index (χ0v) is 18.9. The van der Waals surface area contributed by atoms with Crippen LogP contribution in [0.2, 0.25) is 0 Å². The number of aromatic nitrogens is 1. The van der Waals surface area contributed by atoms with E-state index in [0.29, 0.717) is 23.1 Å². The van der Waals surface area contributed by atoms with E-state index in [1.165, 1.54) is 18.4 Å². The minimum absolute atomic E-state index is 0.0242. The van der Waals surface area contributed by atoms with Gasteiger partial charge in [0.15, 0.2) is 11.6 Å². The number of nitrogen functional groups attached to an aromatic ring is 1. The minimum atomic E-state index is -0.136. The van der Waals surface area contributed by atoms with E-state index in [2.05, 4.69) is 17.9 Å². The van der Waals surface area contributed by atoms with Gasteiger partial charge < -0.3 is 5.84 Å². The smallest absolute Gasteiger partial charge is 0.193 e. The molecule has 2 heterocycles. The molecule has 0 fully saturated rings. The predicted molar refractivity (Wildman–Crippen MR) is 131 cm³/mol. The molecule has 3 aromatic rings. The fourth-order valence-electron chi connectivity index (χ4n) is 4.46. The lowest BCUT2D eigenvalue weighted by molar-refractivity contribution is 0.0972. The molecule has 0 saturated carbocycles. The quantitative estimate of drug-likeness (QED) is 0.401. The van der Waals surface area contributed by atoms with Crippen molar-refractivity contribution in [2.75, 3.05) is 25.5 Å². The lowest BCUT2D eigenvalue weighted by atomic mass is 9.93. The average molecular weight is 430 g/mol. The Morgan fingerprint density at radius 2 is 1.84 bits per heavy atom. The largest absolute Gasteiger partial charge is 0.339 e. The first-order chi connectivity index (χ1) is 15.5. The van der Waals surface area contributed by atoms with E-state index in [1.807, 2.05) is 25.3 Å². The summed E-state index contributed by atoms with van der Waals surface area (Å²) in [6.45, 7) is 7.14. The van der Waals surface area contributed by atoms with Crippen molar-refractivity contribution >= 4 is 28.0 Å². The topological polar surface area (TPSA) is 68.3 Å². The summed E-state index contributed by atoms with van der Waals surface area (Å²) in [5, 5.41) is 0.978. The van der Waals surface area contributed by atoms with Gasteiger partial charge >= 0.3 is 0 Å². The summed E-state index contributed by atoms with van der Waals surface area (Å²) in [7, 11) is 0. The third kappa shape index (κ3) is 4.26. The first-order valence-corrected chi connectivity index (χ1v) is 11.5. The zero-order chi connectivity index (χ0) is 22.7. The van der Waals surface area contributed by atoms with Crippen LogP contribution in [0.4, 0.5) is 0 Å². The van der Waals surface area contributed by atoms with Crippen molar-refractivity contribution in [3.8, 4) is 0 Å². The molecule has 0 radical (unpaired) electrons. The number of benzene rings is 2. The maximum absolute atomic E-state index is 13.4. The van der Waals surface area contributed by atoms with Crippen molar-refractivity contribution in [1.29, 1.82) is 0 Å². The number of rotatable bonds is 8. The van der Waals surface area contributed by atoms with Gasteiger partial charge in [-0.25, -0.2) is 0 Å². The van der Waals surface area contributed by atoms with Crippen LogP contribution in [0.3, 0.4) is 0 Å². The first kappa shape index (κ1) is 22.0. The Bertz CT molecular complexity index is 1190.